The Bertz CT molecular complexity index is 1970. The predicted molar refractivity (Wildman–Crippen MR) is 215 cm³/mol. The molecule has 0 N–H and O–H groups in total. The lowest BCUT2D eigenvalue weighted by Crippen LogP contribution is -2.30. The maximum absolute atomic E-state index is 2.44. The van der Waals surface area contributed by atoms with Gasteiger partial charge in [0.05, 0.1) is 0 Å². The zero-order valence-electron chi connectivity index (χ0n) is 30.6. The second-order valence-corrected chi connectivity index (χ2v) is 14.7. The van der Waals surface area contributed by atoms with E-state index in [9.17, 15) is 0 Å². The molecular formula is C48H50N2. The highest BCUT2D eigenvalue weighted by Gasteiger charge is 2.36. The van der Waals surface area contributed by atoms with Crippen LogP contribution in [0.4, 0.5) is 34.1 Å². The SMILES string of the molecule is Cc1ccc(N(c2ccc(C)cc2)c2ccc(C3(c4ccc(N(c5ccc(C)cc5C)c5ccc(C)cc5C)cc4)CCCCC3)cc2)cc1. The molecule has 7 rings (SSSR count). The van der Waals surface area contributed by atoms with Crippen molar-refractivity contribution in [2.45, 2.75) is 79.1 Å². The molecule has 0 radical (unpaired) electrons. The number of hydrogen-bond donors (Lipinski definition) is 0. The summed E-state index contributed by atoms with van der Waals surface area (Å²) in [4.78, 5) is 4.82. The first-order chi connectivity index (χ1) is 24.2. The Kier molecular flexibility index (Phi) is 9.38. The highest BCUT2D eigenvalue weighted by atomic mass is 15.1. The van der Waals surface area contributed by atoms with Crippen molar-refractivity contribution in [3.63, 3.8) is 0 Å². The van der Waals surface area contributed by atoms with E-state index in [1.165, 1.54) is 111 Å². The summed E-state index contributed by atoms with van der Waals surface area (Å²) in [5, 5.41) is 0. The summed E-state index contributed by atoms with van der Waals surface area (Å²) >= 11 is 0. The first-order valence-electron chi connectivity index (χ1n) is 18.3. The average molecular weight is 655 g/mol. The number of rotatable bonds is 8. The largest absolute Gasteiger partial charge is 0.311 e. The molecule has 0 aliphatic heterocycles. The molecular weight excluding hydrogens is 605 g/mol. The van der Waals surface area contributed by atoms with Crippen LogP contribution in [0.25, 0.3) is 0 Å². The maximum Gasteiger partial charge on any atom is 0.0491 e. The van der Waals surface area contributed by atoms with Crippen molar-refractivity contribution >= 4 is 34.1 Å². The third-order valence-corrected chi connectivity index (χ3v) is 10.8. The van der Waals surface area contributed by atoms with Gasteiger partial charge in [-0.3, -0.25) is 0 Å². The van der Waals surface area contributed by atoms with E-state index in [1.807, 2.05) is 0 Å². The molecule has 6 aromatic rings. The number of hydrogen-bond acceptors (Lipinski definition) is 2. The van der Waals surface area contributed by atoms with Gasteiger partial charge < -0.3 is 9.80 Å². The minimum Gasteiger partial charge on any atom is -0.311 e. The van der Waals surface area contributed by atoms with Crippen molar-refractivity contribution in [1.29, 1.82) is 0 Å². The van der Waals surface area contributed by atoms with Gasteiger partial charge in [0.2, 0.25) is 0 Å². The van der Waals surface area contributed by atoms with Gasteiger partial charge in [-0.25, -0.2) is 0 Å². The summed E-state index contributed by atoms with van der Waals surface area (Å²) in [5.74, 6) is 0. The lowest BCUT2D eigenvalue weighted by atomic mass is 9.65. The van der Waals surface area contributed by atoms with Crippen molar-refractivity contribution < 1.29 is 0 Å². The van der Waals surface area contributed by atoms with Crippen LogP contribution in [0.3, 0.4) is 0 Å². The van der Waals surface area contributed by atoms with Gasteiger partial charge in [-0.2, -0.15) is 0 Å². The Balaban J connectivity index is 1.27. The van der Waals surface area contributed by atoms with Gasteiger partial charge in [0.15, 0.2) is 0 Å². The minimum atomic E-state index is -0.00175. The molecule has 0 spiro atoms. The van der Waals surface area contributed by atoms with Gasteiger partial charge in [0.1, 0.15) is 0 Å². The molecule has 0 heterocycles. The van der Waals surface area contributed by atoms with Crippen molar-refractivity contribution in [2.24, 2.45) is 0 Å². The van der Waals surface area contributed by atoms with Crippen LogP contribution in [-0.2, 0) is 5.41 Å². The van der Waals surface area contributed by atoms with E-state index in [1.54, 1.807) is 0 Å². The topological polar surface area (TPSA) is 6.48 Å². The fraction of sp³-hybridized carbons (Fsp3) is 0.250. The molecule has 1 aliphatic rings. The monoisotopic (exact) mass is 654 g/mol. The number of aryl methyl sites for hydroxylation is 6. The van der Waals surface area contributed by atoms with Gasteiger partial charge in [-0.05, 0) is 137 Å². The van der Waals surface area contributed by atoms with E-state index in [0.29, 0.717) is 0 Å². The van der Waals surface area contributed by atoms with Crippen LogP contribution in [0.15, 0.2) is 133 Å². The third-order valence-electron chi connectivity index (χ3n) is 10.8. The van der Waals surface area contributed by atoms with E-state index in [2.05, 4.69) is 185 Å². The zero-order chi connectivity index (χ0) is 34.8. The molecule has 0 bridgehead atoms. The van der Waals surface area contributed by atoms with Crippen LogP contribution >= 0.6 is 0 Å². The maximum atomic E-state index is 2.44. The minimum absolute atomic E-state index is 0.00175. The molecule has 0 aromatic heterocycles. The van der Waals surface area contributed by atoms with Crippen molar-refractivity contribution in [3.05, 3.63) is 178 Å². The van der Waals surface area contributed by atoms with Gasteiger partial charge in [-0.15, -0.1) is 0 Å². The van der Waals surface area contributed by atoms with Gasteiger partial charge >= 0.3 is 0 Å². The fourth-order valence-corrected chi connectivity index (χ4v) is 8.11. The number of nitrogens with zero attached hydrogens (tertiary/aromatic N) is 2. The lowest BCUT2D eigenvalue weighted by Gasteiger charge is -2.39. The number of benzene rings is 6. The van der Waals surface area contributed by atoms with Crippen LogP contribution in [-0.4, -0.2) is 0 Å². The van der Waals surface area contributed by atoms with Gasteiger partial charge in [-0.1, -0.05) is 114 Å². The normalized spacial score (nSPS) is 14.0. The Hall–Kier alpha value is -5.08. The standard InChI is InChI=1S/C48H50N2/c1-34-10-20-42(21-11-34)49(43-22-12-35(2)13-23-43)44-24-16-40(17-25-44)48(30-8-7-9-31-48)41-18-26-45(27-19-41)50(46-28-14-36(3)32-38(46)5)47-29-15-37(4)33-39(47)6/h10-29,32-33H,7-9,30-31H2,1-6H3. The summed E-state index contributed by atoms with van der Waals surface area (Å²) in [7, 11) is 0. The Labute approximate surface area is 300 Å². The van der Waals surface area contributed by atoms with E-state index in [4.69, 9.17) is 0 Å². The van der Waals surface area contributed by atoms with Gasteiger partial charge in [0, 0.05) is 39.5 Å². The second-order valence-electron chi connectivity index (χ2n) is 14.7. The average Bonchev–Trinajstić information content (AvgIpc) is 3.12. The first-order valence-corrected chi connectivity index (χ1v) is 18.3. The molecule has 6 aromatic carbocycles. The van der Waals surface area contributed by atoms with Crippen molar-refractivity contribution in [1.82, 2.24) is 0 Å². The summed E-state index contributed by atoms with van der Waals surface area (Å²) < 4.78 is 0. The fourth-order valence-electron chi connectivity index (χ4n) is 8.11. The second kappa shape index (κ2) is 14.0. The molecule has 252 valence electrons. The Morgan fingerprint density at radius 2 is 0.700 bits per heavy atom. The quantitative estimate of drug-likeness (QED) is 0.161. The summed E-state index contributed by atoms with van der Waals surface area (Å²) in [6, 6.07) is 50.3. The molecule has 0 saturated heterocycles. The van der Waals surface area contributed by atoms with Crippen molar-refractivity contribution in [3.8, 4) is 0 Å². The summed E-state index contributed by atoms with van der Waals surface area (Å²) in [6.07, 6.45) is 6.14. The highest BCUT2D eigenvalue weighted by Crippen LogP contribution is 2.47. The summed E-state index contributed by atoms with van der Waals surface area (Å²) in [5.41, 5.74) is 17.7. The van der Waals surface area contributed by atoms with Crippen LogP contribution < -0.4 is 9.80 Å². The molecule has 2 heteroatoms. The highest BCUT2D eigenvalue weighted by molar-refractivity contribution is 5.81. The lowest BCUT2D eigenvalue weighted by molar-refractivity contribution is 0.346. The Morgan fingerprint density at radius 1 is 0.360 bits per heavy atom. The van der Waals surface area contributed by atoms with Crippen LogP contribution in [0, 0.1) is 41.5 Å². The predicted octanol–water partition coefficient (Wildman–Crippen LogP) is 13.7. The van der Waals surface area contributed by atoms with E-state index in [-0.39, 0.29) is 5.41 Å². The molecule has 1 aliphatic carbocycles. The van der Waals surface area contributed by atoms with E-state index in [0.717, 1.165) is 0 Å². The molecule has 2 nitrogen and oxygen atoms in total. The van der Waals surface area contributed by atoms with Crippen LogP contribution in [0.1, 0.15) is 76.6 Å². The zero-order valence-corrected chi connectivity index (χ0v) is 30.6. The van der Waals surface area contributed by atoms with Gasteiger partial charge in [0.25, 0.3) is 0 Å². The molecule has 50 heavy (non-hydrogen) atoms. The first kappa shape index (κ1) is 33.4. The molecule has 0 atom stereocenters. The smallest absolute Gasteiger partial charge is 0.0491 e. The molecule has 1 saturated carbocycles. The molecule has 0 amide bonds. The van der Waals surface area contributed by atoms with Crippen LogP contribution in [0.5, 0.6) is 0 Å². The molecule has 0 unspecified atom stereocenters. The van der Waals surface area contributed by atoms with E-state index < -0.39 is 0 Å². The van der Waals surface area contributed by atoms with Crippen molar-refractivity contribution in [2.75, 3.05) is 9.80 Å². The number of anilines is 6. The van der Waals surface area contributed by atoms with E-state index >= 15 is 0 Å². The summed E-state index contributed by atoms with van der Waals surface area (Å²) in [6.45, 7) is 13.1. The van der Waals surface area contributed by atoms with Crippen LogP contribution in [0.2, 0.25) is 0 Å². The third kappa shape index (κ3) is 6.60. The Morgan fingerprint density at radius 3 is 1.08 bits per heavy atom. The molecule has 1 fully saturated rings.